The number of rotatable bonds is 5. The maximum absolute atomic E-state index is 12.9. The van der Waals surface area contributed by atoms with Gasteiger partial charge < -0.3 is 14.0 Å². The van der Waals surface area contributed by atoms with Crippen molar-refractivity contribution >= 4 is 11.0 Å². The molecule has 0 saturated heterocycles. The third-order valence-electron chi connectivity index (χ3n) is 5.49. The predicted molar refractivity (Wildman–Crippen MR) is 109 cm³/mol. The van der Waals surface area contributed by atoms with Gasteiger partial charge in [-0.3, -0.25) is 0 Å². The van der Waals surface area contributed by atoms with Gasteiger partial charge in [-0.1, -0.05) is 24.3 Å². The van der Waals surface area contributed by atoms with Crippen LogP contribution in [-0.2, 0) is 6.42 Å². The highest BCUT2D eigenvalue weighted by atomic mass is 19.3. The first-order valence-electron chi connectivity index (χ1n) is 9.69. The monoisotopic (exact) mass is 407 g/mol. The molecule has 4 aromatic rings. The smallest absolute Gasteiger partial charge is 0.387 e. The molecule has 1 aliphatic heterocycles. The summed E-state index contributed by atoms with van der Waals surface area (Å²) in [5.41, 5.74) is 4.56. The number of hydrogen-bond donors (Lipinski definition) is 0. The molecule has 0 fully saturated rings. The first-order chi connectivity index (χ1) is 14.6. The number of aromatic nitrogens is 3. The van der Waals surface area contributed by atoms with Gasteiger partial charge in [-0.05, 0) is 36.2 Å². The van der Waals surface area contributed by atoms with Gasteiger partial charge in [-0.2, -0.15) is 8.78 Å². The number of methoxy groups -OCH3 is 1. The summed E-state index contributed by atoms with van der Waals surface area (Å²) in [4.78, 5) is 9.04. The number of para-hydroxylation sites is 1. The Kier molecular flexibility index (Phi) is 4.58. The van der Waals surface area contributed by atoms with Gasteiger partial charge in [0.15, 0.2) is 0 Å². The van der Waals surface area contributed by atoms with Crippen LogP contribution in [0.1, 0.15) is 23.9 Å². The molecule has 7 heteroatoms. The van der Waals surface area contributed by atoms with Crippen molar-refractivity contribution in [1.29, 1.82) is 0 Å². The molecule has 0 unspecified atom stereocenters. The summed E-state index contributed by atoms with van der Waals surface area (Å²) in [7, 11) is 1.58. The van der Waals surface area contributed by atoms with Gasteiger partial charge in [-0.25, -0.2) is 9.97 Å². The van der Waals surface area contributed by atoms with Crippen LogP contribution in [0, 0.1) is 0 Å². The Labute approximate surface area is 171 Å². The molecule has 0 N–H and O–H groups in total. The van der Waals surface area contributed by atoms with Crippen LogP contribution in [-0.4, -0.2) is 28.3 Å². The van der Waals surface area contributed by atoms with Crippen LogP contribution in [0.4, 0.5) is 8.78 Å². The molecule has 1 atom stereocenters. The number of nitrogens with zero attached hydrogens (tertiary/aromatic N) is 3. The zero-order valence-corrected chi connectivity index (χ0v) is 16.3. The van der Waals surface area contributed by atoms with E-state index in [9.17, 15) is 8.78 Å². The minimum Gasteiger partial charge on any atom is -0.481 e. The average molecular weight is 407 g/mol. The third kappa shape index (κ3) is 3.16. The number of benzene rings is 2. The second-order valence-electron chi connectivity index (χ2n) is 7.16. The molecule has 0 saturated carbocycles. The Balaban J connectivity index is 1.60. The van der Waals surface area contributed by atoms with Crippen molar-refractivity contribution in [2.24, 2.45) is 0 Å². The second-order valence-corrected chi connectivity index (χ2v) is 7.16. The molecule has 0 bridgehead atoms. The van der Waals surface area contributed by atoms with Crippen LogP contribution in [0.3, 0.4) is 0 Å². The molecular weight excluding hydrogens is 388 g/mol. The summed E-state index contributed by atoms with van der Waals surface area (Å²) in [6.45, 7) is -2.86. The van der Waals surface area contributed by atoms with Crippen LogP contribution < -0.4 is 9.47 Å². The first kappa shape index (κ1) is 18.5. The lowest BCUT2D eigenvalue weighted by Gasteiger charge is -2.19. The van der Waals surface area contributed by atoms with Crippen molar-refractivity contribution < 1.29 is 18.3 Å². The van der Waals surface area contributed by atoms with Gasteiger partial charge >= 0.3 is 6.61 Å². The molecule has 1 aliphatic rings. The van der Waals surface area contributed by atoms with E-state index in [1.54, 1.807) is 25.4 Å². The number of aryl methyl sites for hydroxylation is 1. The van der Waals surface area contributed by atoms with E-state index in [0.29, 0.717) is 5.88 Å². The zero-order chi connectivity index (χ0) is 20.7. The number of halogens is 2. The maximum atomic E-state index is 12.9. The van der Waals surface area contributed by atoms with Crippen molar-refractivity contribution in [1.82, 2.24) is 14.5 Å². The minimum atomic E-state index is -2.86. The number of pyridine rings is 1. The highest BCUT2D eigenvalue weighted by molar-refractivity contribution is 5.83. The van der Waals surface area contributed by atoms with Crippen molar-refractivity contribution in [3.63, 3.8) is 0 Å². The Morgan fingerprint density at radius 2 is 1.90 bits per heavy atom. The second kappa shape index (κ2) is 7.40. The molecule has 0 amide bonds. The van der Waals surface area contributed by atoms with E-state index in [0.717, 1.165) is 46.4 Å². The lowest BCUT2D eigenvalue weighted by Crippen LogP contribution is -2.10. The fourth-order valence-corrected chi connectivity index (χ4v) is 4.17. The largest absolute Gasteiger partial charge is 0.481 e. The number of ether oxygens (including phenoxy) is 2. The number of fused-ring (bicyclic) bond motifs is 3. The lowest BCUT2D eigenvalue weighted by molar-refractivity contribution is -0.0506. The van der Waals surface area contributed by atoms with Crippen molar-refractivity contribution in [2.45, 2.75) is 25.5 Å². The Hall–Kier alpha value is -3.48. The molecule has 2 aromatic heterocycles. The minimum absolute atomic E-state index is 0.107. The summed E-state index contributed by atoms with van der Waals surface area (Å²) in [5, 5.41) is 0. The molecule has 30 heavy (non-hydrogen) atoms. The Morgan fingerprint density at radius 3 is 2.67 bits per heavy atom. The maximum Gasteiger partial charge on any atom is 0.387 e. The first-order valence-corrected chi connectivity index (χ1v) is 9.69. The van der Waals surface area contributed by atoms with Crippen LogP contribution in [0.25, 0.3) is 22.2 Å². The van der Waals surface area contributed by atoms with Crippen molar-refractivity contribution in [2.75, 3.05) is 7.11 Å². The van der Waals surface area contributed by atoms with E-state index in [1.165, 1.54) is 0 Å². The summed E-state index contributed by atoms with van der Waals surface area (Å²) in [5.74, 6) is 1.72. The van der Waals surface area contributed by atoms with E-state index >= 15 is 0 Å². The highest BCUT2D eigenvalue weighted by Gasteiger charge is 2.29. The van der Waals surface area contributed by atoms with E-state index in [1.807, 2.05) is 36.4 Å². The average Bonchev–Trinajstić information content (AvgIpc) is 3.33. The zero-order valence-electron chi connectivity index (χ0n) is 16.3. The molecule has 2 aromatic carbocycles. The molecule has 5 nitrogen and oxygen atoms in total. The molecule has 0 spiro atoms. The summed E-state index contributed by atoms with van der Waals surface area (Å²) in [6, 6.07) is 16.7. The normalized spacial score (nSPS) is 15.5. The van der Waals surface area contributed by atoms with Gasteiger partial charge in [0, 0.05) is 29.8 Å². The summed E-state index contributed by atoms with van der Waals surface area (Å²) in [6.07, 6.45) is 3.34. The Morgan fingerprint density at radius 1 is 1.07 bits per heavy atom. The van der Waals surface area contributed by atoms with Gasteiger partial charge in [-0.15, -0.1) is 0 Å². The topological polar surface area (TPSA) is 49.2 Å². The molecular formula is C23H19F2N3O2. The molecule has 5 rings (SSSR count). The quantitative estimate of drug-likeness (QED) is 0.454. The fourth-order valence-electron chi connectivity index (χ4n) is 4.17. The standard InChI is InChI=1S/C23H19F2N3O2/c1-29-22-11-7-15(13-26-22)14-6-8-17-19(12-14)28-18(9-10-21(28)27-17)16-4-2-3-5-20(16)30-23(24)25/h2-8,11-13,18,23H,9-10H2,1H3/t18-/m0/s1. The fraction of sp³-hybridized carbons (Fsp3) is 0.217. The summed E-state index contributed by atoms with van der Waals surface area (Å²) >= 11 is 0. The van der Waals surface area contributed by atoms with Gasteiger partial charge in [0.2, 0.25) is 5.88 Å². The summed E-state index contributed by atoms with van der Waals surface area (Å²) < 4.78 is 37.9. The van der Waals surface area contributed by atoms with E-state index < -0.39 is 6.61 Å². The van der Waals surface area contributed by atoms with E-state index in [2.05, 4.69) is 15.6 Å². The van der Waals surface area contributed by atoms with Gasteiger partial charge in [0.25, 0.3) is 0 Å². The predicted octanol–water partition coefficient (Wildman–Crippen LogP) is 5.24. The molecule has 152 valence electrons. The van der Waals surface area contributed by atoms with Crippen LogP contribution in [0.15, 0.2) is 60.8 Å². The third-order valence-corrected chi connectivity index (χ3v) is 5.49. The highest BCUT2D eigenvalue weighted by Crippen LogP contribution is 2.40. The number of hydrogen-bond acceptors (Lipinski definition) is 4. The van der Waals surface area contributed by atoms with E-state index in [4.69, 9.17) is 14.5 Å². The van der Waals surface area contributed by atoms with E-state index in [-0.39, 0.29) is 11.8 Å². The van der Waals surface area contributed by atoms with Crippen LogP contribution >= 0.6 is 0 Å². The van der Waals surface area contributed by atoms with Crippen molar-refractivity contribution in [3.05, 3.63) is 72.2 Å². The van der Waals surface area contributed by atoms with Gasteiger partial charge in [0.1, 0.15) is 11.6 Å². The number of alkyl halides is 2. The lowest BCUT2D eigenvalue weighted by atomic mass is 10.0. The number of imidazole rings is 1. The van der Waals surface area contributed by atoms with Crippen molar-refractivity contribution in [3.8, 4) is 22.8 Å². The Bertz CT molecular complexity index is 1210. The molecule has 3 heterocycles. The van der Waals surface area contributed by atoms with Gasteiger partial charge in [0.05, 0.1) is 24.2 Å². The SMILES string of the molecule is COc1ccc(-c2ccc3nc4n(c3c2)[C@H](c2ccccc2OC(F)F)CC4)cn1. The molecule has 0 aliphatic carbocycles. The van der Waals surface area contributed by atoms with Crippen LogP contribution in [0.5, 0.6) is 11.6 Å². The molecule has 0 radical (unpaired) electrons. The van der Waals surface area contributed by atoms with Crippen LogP contribution in [0.2, 0.25) is 0 Å².